The number of carbonyl (C=O) groups excluding carboxylic acids is 2. The maximum absolute atomic E-state index is 12.6. The largest absolute Gasteiger partial charge is 0.460 e. The van der Waals surface area contributed by atoms with Crippen LogP contribution in [-0.4, -0.2) is 73.1 Å². The molecule has 28 heavy (non-hydrogen) atoms. The summed E-state index contributed by atoms with van der Waals surface area (Å²) in [5.41, 5.74) is 0.660. The Kier molecular flexibility index (Phi) is 8.45. The van der Waals surface area contributed by atoms with Crippen LogP contribution in [0.3, 0.4) is 0 Å². The van der Waals surface area contributed by atoms with Gasteiger partial charge in [-0.05, 0) is 46.2 Å². The molecule has 1 saturated heterocycles. The van der Waals surface area contributed by atoms with Crippen LogP contribution in [0.4, 0.5) is 0 Å². The Bertz CT molecular complexity index is 620. The zero-order chi connectivity index (χ0) is 20.6. The Hall–Kier alpha value is -1.92. The van der Waals surface area contributed by atoms with E-state index in [0.717, 1.165) is 31.7 Å². The zero-order valence-corrected chi connectivity index (χ0v) is 17.7. The van der Waals surface area contributed by atoms with E-state index in [-0.39, 0.29) is 17.9 Å². The van der Waals surface area contributed by atoms with Gasteiger partial charge in [-0.1, -0.05) is 30.3 Å². The van der Waals surface area contributed by atoms with Crippen LogP contribution in [0.15, 0.2) is 30.3 Å². The van der Waals surface area contributed by atoms with Crippen molar-refractivity contribution in [2.24, 2.45) is 0 Å². The second kappa shape index (κ2) is 10.6. The maximum Gasteiger partial charge on any atom is 0.306 e. The lowest BCUT2D eigenvalue weighted by Gasteiger charge is -2.32. The average molecular weight is 390 g/mol. The first-order valence-corrected chi connectivity index (χ1v) is 10.2. The highest BCUT2D eigenvalue weighted by atomic mass is 16.6. The lowest BCUT2D eigenvalue weighted by Crippen LogP contribution is -2.49. The summed E-state index contributed by atoms with van der Waals surface area (Å²) in [5.74, 6) is -0.200. The van der Waals surface area contributed by atoms with E-state index in [0.29, 0.717) is 25.8 Å². The van der Waals surface area contributed by atoms with Crippen molar-refractivity contribution >= 4 is 11.9 Å². The third-order valence-electron chi connectivity index (χ3n) is 4.77. The number of ether oxygens (including phenoxy) is 1. The summed E-state index contributed by atoms with van der Waals surface area (Å²) in [5, 5.41) is 3.14. The molecule has 1 aliphatic rings. The quantitative estimate of drug-likeness (QED) is 0.690. The van der Waals surface area contributed by atoms with Crippen molar-refractivity contribution < 1.29 is 14.3 Å². The van der Waals surface area contributed by atoms with Gasteiger partial charge in [0, 0.05) is 38.6 Å². The molecule has 1 amide bonds. The van der Waals surface area contributed by atoms with Crippen LogP contribution in [0.2, 0.25) is 0 Å². The highest BCUT2D eigenvalue weighted by molar-refractivity contribution is 5.78. The summed E-state index contributed by atoms with van der Waals surface area (Å²) in [7, 11) is 2.10. The fourth-order valence-electron chi connectivity index (χ4n) is 3.29. The number of esters is 1. The summed E-state index contributed by atoms with van der Waals surface area (Å²) in [6, 6.07) is 9.97. The summed E-state index contributed by atoms with van der Waals surface area (Å²) in [4.78, 5) is 29.1. The van der Waals surface area contributed by atoms with Crippen molar-refractivity contribution in [2.75, 3.05) is 39.8 Å². The summed E-state index contributed by atoms with van der Waals surface area (Å²) >= 11 is 0. The van der Waals surface area contributed by atoms with Gasteiger partial charge in [-0.3, -0.25) is 14.5 Å². The topological polar surface area (TPSA) is 61.9 Å². The maximum atomic E-state index is 12.6. The lowest BCUT2D eigenvalue weighted by molar-refractivity contribution is -0.155. The van der Waals surface area contributed by atoms with Crippen LogP contribution in [0, 0.1) is 0 Å². The molecule has 1 unspecified atom stereocenters. The van der Waals surface area contributed by atoms with Crippen molar-refractivity contribution in [2.45, 2.75) is 51.7 Å². The molecular weight excluding hydrogens is 354 g/mol. The Morgan fingerprint density at radius 1 is 1.11 bits per heavy atom. The standard InChI is InChI=1S/C22H35N3O3/c1-22(2,3)28-21(27)11-10-19(16-18-8-6-5-7-9-18)23-20(26)17-25-14-12-24(4)13-15-25/h5-9,19H,10-17H2,1-4H3,(H,23,26). The van der Waals surface area contributed by atoms with Gasteiger partial charge >= 0.3 is 5.97 Å². The number of hydrogen-bond acceptors (Lipinski definition) is 5. The van der Waals surface area contributed by atoms with Crippen LogP contribution in [-0.2, 0) is 20.7 Å². The van der Waals surface area contributed by atoms with Crippen molar-refractivity contribution in [1.29, 1.82) is 0 Å². The molecule has 1 atom stereocenters. The molecule has 156 valence electrons. The first kappa shape index (κ1) is 22.4. The predicted molar refractivity (Wildman–Crippen MR) is 111 cm³/mol. The van der Waals surface area contributed by atoms with E-state index in [1.54, 1.807) is 0 Å². The van der Waals surface area contributed by atoms with Crippen LogP contribution < -0.4 is 5.32 Å². The molecule has 0 aliphatic carbocycles. The molecule has 0 spiro atoms. The highest BCUT2D eigenvalue weighted by Crippen LogP contribution is 2.12. The monoisotopic (exact) mass is 389 g/mol. The Balaban J connectivity index is 1.89. The molecule has 2 rings (SSSR count). The summed E-state index contributed by atoms with van der Waals surface area (Å²) < 4.78 is 5.41. The molecule has 6 heteroatoms. The van der Waals surface area contributed by atoms with Crippen LogP contribution in [0.1, 0.15) is 39.2 Å². The van der Waals surface area contributed by atoms with Gasteiger partial charge in [-0.2, -0.15) is 0 Å². The molecular formula is C22H35N3O3. The molecule has 0 bridgehead atoms. The third-order valence-corrected chi connectivity index (χ3v) is 4.77. The summed E-state index contributed by atoms with van der Waals surface area (Å²) in [6.07, 6.45) is 1.57. The molecule has 1 aromatic rings. The zero-order valence-electron chi connectivity index (χ0n) is 17.7. The van der Waals surface area contributed by atoms with Gasteiger partial charge in [-0.15, -0.1) is 0 Å². The van der Waals surface area contributed by atoms with E-state index in [9.17, 15) is 9.59 Å². The Morgan fingerprint density at radius 2 is 1.75 bits per heavy atom. The fourth-order valence-corrected chi connectivity index (χ4v) is 3.29. The SMILES string of the molecule is CN1CCN(CC(=O)NC(CCC(=O)OC(C)(C)C)Cc2ccccc2)CC1. The molecule has 1 N–H and O–H groups in total. The smallest absolute Gasteiger partial charge is 0.306 e. The number of benzene rings is 1. The van der Waals surface area contributed by atoms with E-state index >= 15 is 0 Å². The number of carbonyl (C=O) groups is 2. The third kappa shape index (κ3) is 8.85. The van der Waals surface area contributed by atoms with E-state index < -0.39 is 5.60 Å². The first-order chi connectivity index (χ1) is 13.2. The van der Waals surface area contributed by atoms with Crippen LogP contribution in [0.25, 0.3) is 0 Å². The Labute approximate surface area is 169 Å². The minimum absolute atomic E-state index is 0.0228. The number of hydrogen-bond donors (Lipinski definition) is 1. The van der Waals surface area contributed by atoms with Gasteiger partial charge in [-0.25, -0.2) is 0 Å². The van der Waals surface area contributed by atoms with Crippen LogP contribution >= 0.6 is 0 Å². The summed E-state index contributed by atoms with van der Waals surface area (Å²) in [6.45, 7) is 9.79. The molecule has 1 heterocycles. The Morgan fingerprint density at radius 3 is 2.36 bits per heavy atom. The van der Waals surface area contributed by atoms with E-state index in [4.69, 9.17) is 4.74 Å². The highest BCUT2D eigenvalue weighted by Gasteiger charge is 2.21. The van der Waals surface area contributed by atoms with E-state index in [1.807, 2.05) is 51.1 Å². The molecule has 1 aromatic carbocycles. The molecule has 0 aromatic heterocycles. The van der Waals surface area contributed by atoms with Crippen molar-refractivity contribution in [3.05, 3.63) is 35.9 Å². The molecule has 1 fully saturated rings. The van der Waals surface area contributed by atoms with Gasteiger partial charge in [0.1, 0.15) is 5.60 Å². The minimum Gasteiger partial charge on any atom is -0.460 e. The first-order valence-electron chi connectivity index (χ1n) is 10.2. The van der Waals surface area contributed by atoms with Crippen molar-refractivity contribution in [3.8, 4) is 0 Å². The van der Waals surface area contributed by atoms with E-state index in [2.05, 4.69) is 22.2 Å². The molecule has 6 nitrogen and oxygen atoms in total. The van der Waals surface area contributed by atoms with Gasteiger partial charge < -0.3 is 15.0 Å². The number of likely N-dealkylation sites (N-methyl/N-ethyl adjacent to an activating group) is 1. The van der Waals surface area contributed by atoms with Gasteiger partial charge in [0.2, 0.25) is 5.91 Å². The molecule has 0 saturated carbocycles. The number of nitrogens with zero attached hydrogens (tertiary/aromatic N) is 2. The van der Waals surface area contributed by atoms with Crippen LogP contribution in [0.5, 0.6) is 0 Å². The van der Waals surface area contributed by atoms with Gasteiger partial charge in [0.25, 0.3) is 0 Å². The molecule has 1 aliphatic heterocycles. The van der Waals surface area contributed by atoms with E-state index in [1.165, 1.54) is 0 Å². The fraction of sp³-hybridized carbons (Fsp3) is 0.636. The van der Waals surface area contributed by atoms with Gasteiger partial charge in [0.15, 0.2) is 0 Å². The lowest BCUT2D eigenvalue weighted by atomic mass is 10.0. The normalized spacial score (nSPS) is 17.1. The minimum atomic E-state index is -0.489. The molecule has 0 radical (unpaired) electrons. The predicted octanol–water partition coefficient (Wildman–Crippen LogP) is 2.08. The average Bonchev–Trinajstić information content (AvgIpc) is 2.61. The number of piperazine rings is 1. The number of rotatable bonds is 8. The van der Waals surface area contributed by atoms with Gasteiger partial charge in [0.05, 0.1) is 6.54 Å². The second-order valence-corrected chi connectivity index (χ2v) is 8.66. The number of nitrogens with one attached hydrogen (secondary N) is 1. The van der Waals surface area contributed by atoms with Crippen molar-refractivity contribution in [3.63, 3.8) is 0 Å². The van der Waals surface area contributed by atoms with Crippen molar-refractivity contribution in [1.82, 2.24) is 15.1 Å². The number of amides is 1. The second-order valence-electron chi connectivity index (χ2n) is 8.66.